The molecule has 0 unspecified atom stereocenters. The smallest absolute Gasteiger partial charge is 0.230 e. The molecule has 0 spiro atoms. The third-order valence-corrected chi connectivity index (χ3v) is 3.86. The van der Waals surface area contributed by atoms with Gasteiger partial charge >= 0.3 is 0 Å². The molecule has 0 aliphatic rings. The van der Waals surface area contributed by atoms with Crippen molar-refractivity contribution in [2.45, 2.75) is 52.1 Å². The molecule has 0 saturated carbocycles. The molecular weight excluding hydrogens is 274 g/mol. The number of carbonyl (C=O) groups is 2. The molecule has 0 aliphatic carbocycles. The van der Waals surface area contributed by atoms with E-state index in [0.29, 0.717) is 22.1 Å². The van der Waals surface area contributed by atoms with E-state index in [2.05, 4.69) is 15.3 Å². The van der Waals surface area contributed by atoms with Crippen molar-refractivity contribution in [3.8, 4) is 0 Å². The molecule has 0 fully saturated rings. The average molecular weight is 295 g/mol. The standard InChI is InChI=1S/C14H21N3O2S/c1-6-8(2)15-12(19)7-20-14-13(10(4)18)9(3)16-11(5)17-14/h8H,6-7H2,1-5H3,(H,15,19)/t8-/m1/s1. The second-order valence-corrected chi connectivity index (χ2v) is 5.72. The van der Waals surface area contributed by atoms with Crippen LogP contribution in [0.1, 0.15) is 49.1 Å². The molecule has 1 atom stereocenters. The zero-order valence-corrected chi connectivity index (χ0v) is 13.4. The number of Topliss-reactive ketones (excluding diaryl/α,β-unsaturated/α-hetero) is 1. The van der Waals surface area contributed by atoms with Crippen molar-refractivity contribution in [2.75, 3.05) is 5.75 Å². The molecular formula is C14H21N3O2S. The first-order valence-electron chi connectivity index (χ1n) is 6.63. The largest absolute Gasteiger partial charge is 0.353 e. The molecule has 1 rings (SSSR count). The topological polar surface area (TPSA) is 72.0 Å². The summed E-state index contributed by atoms with van der Waals surface area (Å²) in [6, 6.07) is 0.157. The van der Waals surface area contributed by atoms with Gasteiger partial charge in [0.15, 0.2) is 5.78 Å². The summed E-state index contributed by atoms with van der Waals surface area (Å²) < 4.78 is 0. The van der Waals surface area contributed by atoms with Crippen molar-refractivity contribution >= 4 is 23.5 Å². The number of carbonyl (C=O) groups excluding carboxylic acids is 2. The van der Waals surface area contributed by atoms with Crippen LogP contribution in [0.5, 0.6) is 0 Å². The summed E-state index contributed by atoms with van der Waals surface area (Å²) in [5.74, 6) is 0.734. The summed E-state index contributed by atoms with van der Waals surface area (Å²) in [7, 11) is 0. The number of nitrogens with one attached hydrogen (secondary N) is 1. The number of hydrogen-bond donors (Lipinski definition) is 1. The van der Waals surface area contributed by atoms with Crippen LogP contribution in [-0.4, -0.2) is 33.5 Å². The normalized spacial score (nSPS) is 12.1. The van der Waals surface area contributed by atoms with E-state index >= 15 is 0 Å². The highest BCUT2D eigenvalue weighted by Crippen LogP contribution is 2.23. The van der Waals surface area contributed by atoms with Gasteiger partial charge in [-0.1, -0.05) is 18.7 Å². The fourth-order valence-corrected chi connectivity index (χ4v) is 2.73. The van der Waals surface area contributed by atoms with Crippen LogP contribution in [-0.2, 0) is 4.79 Å². The molecule has 6 heteroatoms. The number of amides is 1. The monoisotopic (exact) mass is 295 g/mol. The van der Waals surface area contributed by atoms with Gasteiger partial charge in [0.25, 0.3) is 0 Å². The zero-order chi connectivity index (χ0) is 15.3. The number of thioether (sulfide) groups is 1. The van der Waals surface area contributed by atoms with Crippen LogP contribution in [0.3, 0.4) is 0 Å². The Hall–Kier alpha value is -1.43. The molecule has 1 heterocycles. The number of aromatic nitrogens is 2. The van der Waals surface area contributed by atoms with Crippen molar-refractivity contribution < 1.29 is 9.59 Å². The first-order chi connectivity index (χ1) is 9.35. The molecule has 5 nitrogen and oxygen atoms in total. The number of rotatable bonds is 6. The molecule has 0 aromatic carbocycles. The highest BCUT2D eigenvalue weighted by Gasteiger charge is 2.16. The number of hydrogen-bond acceptors (Lipinski definition) is 5. The van der Waals surface area contributed by atoms with Crippen LogP contribution in [0, 0.1) is 13.8 Å². The van der Waals surface area contributed by atoms with Crippen LogP contribution < -0.4 is 5.32 Å². The van der Waals surface area contributed by atoms with E-state index in [1.165, 1.54) is 18.7 Å². The first-order valence-corrected chi connectivity index (χ1v) is 7.62. The van der Waals surface area contributed by atoms with Crippen molar-refractivity contribution in [3.63, 3.8) is 0 Å². The fraction of sp³-hybridized carbons (Fsp3) is 0.571. The quantitative estimate of drug-likeness (QED) is 0.495. The van der Waals surface area contributed by atoms with Gasteiger partial charge in [0.1, 0.15) is 10.9 Å². The predicted octanol–water partition coefficient (Wildman–Crippen LogP) is 2.30. The SMILES string of the molecule is CC[C@@H](C)NC(=O)CSc1nc(C)nc(C)c1C(C)=O. The van der Waals surface area contributed by atoms with Gasteiger partial charge in [-0.05, 0) is 34.1 Å². The Morgan fingerprint density at radius 2 is 1.95 bits per heavy atom. The lowest BCUT2D eigenvalue weighted by molar-refractivity contribution is -0.119. The van der Waals surface area contributed by atoms with Crippen LogP contribution in [0.15, 0.2) is 5.03 Å². The van der Waals surface area contributed by atoms with Gasteiger partial charge in [-0.3, -0.25) is 9.59 Å². The van der Waals surface area contributed by atoms with Crippen LogP contribution >= 0.6 is 11.8 Å². The number of aryl methyl sites for hydroxylation is 2. The Balaban J connectivity index is 2.82. The maximum absolute atomic E-state index is 11.8. The van der Waals surface area contributed by atoms with E-state index < -0.39 is 0 Å². The molecule has 1 amide bonds. The molecule has 1 N–H and O–H groups in total. The molecule has 1 aromatic rings. The Kier molecular flexibility index (Phi) is 6.13. The lowest BCUT2D eigenvalue weighted by Crippen LogP contribution is -2.33. The zero-order valence-electron chi connectivity index (χ0n) is 12.6. The van der Waals surface area contributed by atoms with Crippen molar-refractivity contribution in [1.82, 2.24) is 15.3 Å². The maximum atomic E-state index is 11.8. The number of nitrogens with zero attached hydrogens (tertiary/aromatic N) is 2. The summed E-state index contributed by atoms with van der Waals surface area (Å²) in [5, 5.41) is 3.47. The van der Waals surface area contributed by atoms with Gasteiger partial charge in [-0.25, -0.2) is 9.97 Å². The van der Waals surface area contributed by atoms with E-state index in [1.807, 2.05) is 13.8 Å². The van der Waals surface area contributed by atoms with Crippen molar-refractivity contribution in [3.05, 3.63) is 17.1 Å². The van der Waals surface area contributed by atoms with Gasteiger partial charge in [0, 0.05) is 6.04 Å². The Morgan fingerprint density at radius 1 is 1.30 bits per heavy atom. The van der Waals surface area contributed by atoms with E-state index in [-0.39, 0.29) is 23.5 Å². The molecule has 0 aliphatic heterocycles. The Morgan fingerprint density at radius 3 is 2.50 bits per heavy atom. The summed E-state index contributed by atoms with van der Waals surface area (Å²) >= 11 is 1.28. The fourth-order valence-electron chi connectivity index (χ4n) is 1.74. The highest BCUT2D eigenvalue weighted by molar-refractivity contribution is 8.00. The van der Waals surface area contributed by atoms with Crippen LogP contribution in [0.2, 0.25) is 0 Å². The second kappa shape index (κ2) is 7.38. The van der Waals surface area contributed by atoms with Crippen LogP contribution in [0.4, 0.5) is 0 Å². The third kappa shape index (κ3) is 4.59. The van der Waals surface area contributed by atoms with Gasteiger partial charge in [-0.15, -0.1) is 0 Å². The molecule has 110 valence electrons. The van der Waals surface area contributed by atoms with Crippen LogP contribution in [0.25, 0.3) is 0 Å². The van der Waals surface area contributed by atoms with Gasteiger partial charge in [-0.2, -0.15) is 0 Å². The minimum atomic E-state index is -0.0765. The van der Waals surface area contributed by atoms with Gasteiger partial charge in [0.2, 0.25) is 5.91 Å². The average Bonchev–Trinajstić information content (AvgIpc) is 2.34. The summed E-state index contributed by atoms with van der Waals surface area (Å²) in [6.45, 7) is 9.03. The molecule has 20 heavy (non-hydrogen) atoms. The molecule has 0 saturated heterocycles. The molecule has 0 bridgehead atoms. The van der Waals surface area contributed by atoms with Gasteiger partial charge < -0.3 is 5.32 Å². The maximum Gasteiger partial charge on any atom is 0.230 e. The van der Waals surface area contributed by atoms with Crippen molar-refractivity contribution in [1.29, 1.82) is 0 Å². The van der Waals surface area contributed by atoms with E-state index in [9.17, 15) is 9.59 Å². The minimum absolute atomic E-state index is 0.0484. The Bertz CT molecular complexity index is 517. The highest BCUT2D eigenvalue weighted by atomic mass is 32.2. The molecule has 1 aromatic heterocycles. The lowest BCUT2D eigenvalue weighted by atomic mass is 10.2. The van der Waals surface area contributed by atoms with Gasteiger partial charge in [0.05, 0.1) is 17.0 Å². The third-order valence-electron chi connectivity index (χ3n) is 2.88. The molecule has 0 radical (unpaired) electrons. The Labute approximate surface area is 124 Å². The summed E-state index contributed by atoms with van der Waals surface area (Å²) in [5.41, 5.74) is 1.17. The summed E-state index contributed by atoms with van der Waals surface area (Å²) in [4.78, 5) is 31.9. The predicted molar refractivity (Wildman–Crippen MR) is 80.1 cm³/mol. The van der Waals surface area contributed by atoms with E-state index in [0.717, 1.165) is 6.42 Å². The second-order valence-electron chi connectivity index (χ2n) is 4.76. The minimum Gasteiger partial charge on any atom is -0.353 e. The summed E-state index contributed by atoms with van der Waals surface area (Å²) in [6.07, 6.45) is 0.890. The van der Waals surface area contributed by atoms with E-state index in [1.54, 1.807) is 13.8 Å². The number of ketones is 1. The first kappa shape index (κ1) is 16.6. The van der Waals surface area contributed by atoms with Crippen molar-refractivity contribution in [2.24, 2.45) is 0 Å². The van der Waals surface area contributed by atoms with E-state index in [4.69, 9.17) is 0 Å². The lowest BCUT2D eigenvalue weighted by Gasteiger charge is -2.12.